The summed E-state index contributed by atoms with van der Waals surface area (Å²) in [4.78, 5) is 23.8. The molecule has 3 aromatic rings. The minimum absolute atomic E-state index is 0.260. The molecule has 0 saturated carbocycles. The van der Waals surface area contributed by atoms with Gasteiger partial charge in [-0.2, -0.15) is 5.10 Å². The summed E-state index contributed by atoms with van der Waals surface area (Å²) in [5, 5.41) is 5.96. The lowest BCUT2D eigenvalue weighted by atomic mass is 10.2. The molecular weight excluding hydrogens is 385 g/mol. The Labute approximate surface area is 160 Å². The molecule has 3 rings (SSSR count). The second kappa shape index (κ2) is 8.13. The monoisotopic (exact) mass is 401 g/mol. The van der Waals surface area contributed by atoms with Crippen molar-refractivity contribution in [1.82, 2.24) is 15.1 Å². The van der Waals surface area contributed by atoms with Gasteiger partial charge in [0.15, 0.2) is 5.03 Å². The molecule has 144 valence electrons. The number of rotatable bonds is 6. The van der Waals surface area contributed by atoms with Crippen LogP contribution in [0.4, 0.5) is 4.39 Å². The van der Waals surface area contributed by atoms with Crippen LogP contribution in [0.1, 0.15) is 5.56 Å². The van der Waals surface area contributed by atoms with Crippen LogP contribution in [0.15, 0.2) is 81.4 Å². The van der Waals surface area contributed by atoms with Crippen LogP contribution in [0.2, 0.25) is 0 Å². The van der Waals surface area contributed by atoms with Gasteiger partial charge in [0, 0.05) is 12.6 Å². The number of amides is 1. The fourth-order valence-corrected chi connectivity index (χ4v) is 3.65. The fraction of sp³-hybridized carbons (Fsp3) is 0.105. The normalized spacial score (nSPS) is 11.2. The van der Waals surface area contributed by atoms with Crippen molar-refractivity contribution >= 4 is 15.7 Å². The Balaban J connectivity index is 1.79. The molecule has 1 aromatic heterocycles. The Morgan fingerprint density at radius 3 is 2.50 bits per heavy atom. The van der Waals surface area contributed by atoms with Crippen LogP contribution in [0.25, 0.3) is 0 Å². The van der Waals surface area contributed by atoms with Gasteiger partial charge < -0.3 is 5.32 Å². The summed E-state index contributed by atoms with van der Waals surface area (Å²) >= 11 is 0. The molecule has 0 unspecified atom stereocenters. The molecule has 0 saturated heterocycles. The van der Waals surface area contributed by atoms with Crippen molar-refractivity contribution in [2.45, 2.75) is 23.0 Å². The van der Waals surface area contributed by atoms with E-state index in [0.29, 0.717) is 0 Å². The number of halogens is 1. The second-order valence-electron chi connectivity index (χ2n) is 5.89. The quantitative estimate of drug-likeness (QED) is 0.676. The number of sulfone groups is 1. The maximum absolute atomic E-state index is 13.4. The van der Waals surface area contributed by atoms with Crippen LogP contribution in [-0.4, -0.2) is 24.1 Å². The molecule has 0 atom stereocenters. The lowest BCUT2D eigenvalue weighted by Gasteiger charge is -2.09. The highest BCUT2D eigenvalue weighted by molar-refractivity contribution is 7.91. The number of hydrogen-bond acceptors (Lipinski definition) is 5. The molecule has 1 heterocycles. The van der Waals surface area contributed by atoms with Crippen molar-refractivity contribution in [2.24, 2.45) is 0 Å². The van der Waals surface area contributed by atoms with Gasteiger partial charge in [0.25, 0.3) is 5.56 Å². The smallest absolute Gasteiger partial charge is 0.267 e. The Morgan fingerprint density at radius 1 is 1.04 bits per heavy atom. The lowest BCUT2D eigenvalue weighted by molar-refractivity contribution is -0.122. The molecule has 28 heavy (non-hydrogen) atoms. The Bertz CT molecular complexity index is 1160. The van der Waals surface area contributed by atoms with Crippen LogP contribution in [-0.2, 0) is 27.7 Å². The van der Waals surface area contributed by atoms with Gasteiger partial charge >= 0.3 is 0 Å². The van der Waals surface area contributed by atoms with Crippen molar-refractivity contribution in [2.75, 3.05) is 0 Å². The molecule has 9 heteroatoms. The van der Waals surface area contributed by atoms with Crippen molar-refractivity contribution in [1.29, 1.82) is 0 Å². The third kappa shape index (κ3) is 4.49. The highest BCUT2D eigenvalue weighted by Crippen LogP contribution is 2.18. The maximum atomic E-state index is 13.4. The minimum atomic E-state index is -4.13. The molecule has 0 radical (unpaired) electrons. The first kappa shape index (κ1) is 19.4. The summed E-state index contributed by atoms with van der Waals surface area (Å²) in [5.74, 6) is -1.21. The van der Waals surface area contributed by atoms with Crippen LogP contribution in [0, 0.1) is 5.82 Å². The summed E-state index contributed by atoms with van der Waals surface area (Å²) in [6, 6.07) is 15.7. The summed E-state index contributed by atoms with van der Waals surface area (Å²) in [5.41, 5.74) is 0.242. The maximum Gasteiger partial charge on any atom is 0.267 e. The topological polar surface area (TPSA) is 98.1 Å². The predicted octanol–water partition coefficient (Wildman–Crippen LogP) is 1.53. The van der Waals surface area contributed by atoms with Gasteiger partial charge in [0.05, 0.1) is 4.90 Å². The van der Waals surface area contributed by atoms with Crippen LogP contribution in [0.3, 0.4) is 0 Å². The van der Waals surface area contributed by atoms with Gasteiger partial charge in [-0.1, -0.05) is 36.4 Å². The summed E-state index contributed by atoms with van der Waals surface area (Å²) in [6.45, 7) is -0.187. The molecule has 0 aliphatic carbocycles. The Morgan fingerprint density at radius 2 is 1.79 bits per heavy atom. The average Bonchev–Trinajstić information content (AvgIpc) is 2.69. The number of carbonyl (C=O) groups excluding carboxylic acids is 1. The molecule has 2 aromatic carbocycles. The van der Waals surface area contributed by atoms with Crippen molar-refractivity contribution in [3.8, 4) is 0 Å². The largest absolute Gasteiger partial charge is 0.350 e. The van der Waals surface area contributed by atoms with Crippen molar-refractivity contribution in [3.63, 3.8) is 0 Å². The van der Waals surface area contributed by atoms with Crippen molar-refractivity contribution < 1.29 is 17.6 Å². The van der Waals surface area contributed by atoms with E-state index in [2.05, 4.69) is 10.4 Å². The van der Waals surface area contributed by atoms with E-state index in [-0.39, 0.29) is 11.4 Å². The molecule has 0 fully saturated rings. The van der Waals surface area contributed by atoms with Crippen LogP contribution in [0.5, 0.6) is 0 Å². The average molecular weight is 401 g/mol. The highest BCUT2D eigenvalue weighted by Gasteiger charge is 2.21. The number of carbonyl (C=O) groups is 1. The van der Waals surface area contributed by atoms with E-state index in [9.17, 15) is 22.4 Å². The molecule has 0 aliphatic rings. The van der Waals surface area contributed by atoms with E-state index < -0.39 is 38.7 Å². The van der Waals surface area contributed by atoms with E-state index in [1.54, 1.807) is 0 Å². The van der Waals surface area contributed by atoms with E-state index in [0.717, 1.165) is 34.5 Å². The molecular formula is C19H16FN3O4S. The predicted molar refractivity (Wildman–Crippen MR) is 98.6 cm³/mol. The Kier molecular flexibility index (Phi) is 5.65. The summed E-state index contributed by atoms with van der Waals surface area (Å²) < 4.78 is 39.3. The number of aromatic nitrogens is 2. The number of nitrogens with zero attached hydrogens (tertiary/aromatic N) is 2. The third-order valence-electron chi connectivity index (χ3n) is 3.85. The fourth-order valence-electron chi connectivity index (χ4n) is 2.43. The van der Waals surface area contributed by atoms with Gasteiger partial charge in [-0.15, -0.1) is 0 Å². The number of benzene rings is 2. The van der Waals surface area contributed by atoms with Crippen LogP contribution < -0.4 is 10.9 Å². The van der Waals surface area contributed by atoms with E-state index in [4.69, 9.17) is 0 Å². The molecule has 1 N–H and O–H groups in total. The van der Waals surface area contributed by atoms with E-state index in [1.807, 2.05) is 30.3 Å². The highest BCUT2D eigenvalue weighted by atomic mass is 32.2. The van der Waals surface area contributed by atoms with Gasteiger partial charge in [0.2, 0.25) is 15.7 Å². The number of hydrogen-bond donors (Lipinski definition) is 1. The molecule has 0 bridgehead atoms. The zero-order chi connectivity index (χ0) is 20.1. The molecule has 0 aliphatic heterocycles. The lowest BCUT2D eigenvalue weighted by Crippen LogP contribution is -2.33. The third-order valence-corrected chi connectivity index (χ3v) is 5.49. The second-order valence-corrected chi connectivity index (χ2v) is 7.79. The first-order chi connectivity index (χ1) is 13.4. The van der Waals surface area contributed by atoms with E-state index >= 15 is 0 Å². The number of nitrogens with one attached hydrogen (secondary N) is 1. The van der Waals surface area contributed by atoms with Gasteiger partial charge in [-0.3, -0.25) is 9.59 Å². The zero-order valence-electron chi connectivity index (χ0n) is 14.6. The zero-order valence-corrected chi connectivity index (χ0v) is 15.4. The van der Waals surface area contributed by atoms with E-state index in [1.165, 1.54) is 12.1 Å². The standard InChI is InChI=1S/C19H16FN3O4S/c20-15-7-4-8-16(11-15)28(26,27)18-9-10-19(25)23(22-18)13-17(24)21-12-14-5-2-1-3-6-14/h1-11H,12-13H2,(H,21,24). The summed E-state index contributed by atoms with van der Waals surface area (Å²) in [7, 11) is -4.13. The molecule has 0 spiro atoms. The SMILES string of the molecule is O=C(Cn1nc(S(=O)(=O)c2cccc(F)c2)ccc1=O)NCc1ccccc1. The van der Waals surface area contributed by atoms with Gasteiger partial charge in [-0.25, -0.2) is 17.5 Å². The first-order valence-corrected chi connectivity index (χ1v) is 9.74. The minimum Gasteiger partial charge on any atom is -0.350 e. The van der Waals surface area contributed by atoms with Crippen molar-refractivity contribution in [3.05, 3.63) is 88.5 Å². The first-order valence-electron chi connectivity index (χ1n) is 8.26. The molecule has 7 nitrogen and oxygen atoms in total. The molecule has 1 amide bonds. The summed E-state index contributed by atoms with van der Waals surface area (Å²) in [6.07, 6.45) is 0. The van der Waals surface area contributed by atoms with Gasteiger partial charge in [-0.05, 0) is 29.8 Å². The Hall–Kier alpha value is -3.33. The van der Waals surface area contributed by atoms with Crippen LogP contribution >= 0.6 is 0 Å². The van der Waals surface area contributed by atoms with Gasteiger partial charge in [0.1, 0.15) is 12.4 Å².